The van der Waals surface area contributed by atoms with Crippen LogP contribution >= 0.6 is 11.8 Å². The maximum absolute atomic E-state index is 5.21. The summed E-state index contributed by atoms with van der Waals surface area (Å²) in [5.41, 5.74) is 3.34. The summed E-state index contributed by atoms with van der Waals surface area (Å²) < 4.78 is 5.21. The summed E-state index contributed by atoms with van der Waals surface area (Å²) in [6.07, 6.45) is 5.00. The topological polar surface area (TPSA) is 77.0 Å². The molecule has 2 aromatic heterocycles. The van der Waals surface area contributed by atoms with E-state index in [9.17, 15) is 0 Å². The average Bonchev–Trinajstić information content (AvgIpc) is 2.73. The second-order valence-corrected chi connectivity index (χ2v) is 4.18. The van der Waals surface area contributed by atoms with Gasteiger partial charge in [-0.2, -0.15) is 0 Å². The lowest BCUT2D eigenvalue weighted by molar-refractivity contribution is 0.527. The largest absolute Gasteiger partial charge is 0.468 e. The summed E-state index contributed by atoms with van der Waals surface area (Å²) in [6, 6.07) is 1.95. The number of hydrazine groups is 1. The van der Waals surface area contributed by atoms with Gasteiger partial charge < -0.3 is 9.84 Å². The zero-order valence-electron chi connectivity index (χ0n) is 8.80. The lowest BCUT2D eigenvalue weighted by Gasteiger charge is -2.01. The molecule has 2 aromatic rings. The molecule has 0 radical (unpaired) electrons. The molecule has 0 aliphatic carbocycles. The number of nitrogens with zero attached hydrogens (tertiary/aromatic N) is 2. The van der Waals surface area contributed by atoms with E-state index in [1.165, 1.54) is 0 Å². The molecule has 3 N–H and O–H groups in total. The van der Waals surface area contributed by atoms with Crippen LogP contribution in [0.3, 0.4) is 0 Å². The van der Waals surface area contributed by atoms with Gasteiger partial charge in [0.05, 0.1) is 24.4 Å². The number of nitrogen functional groups attached to an aromatic ring is 1. The van der Waals surface area contributed by atoms with Gasteiger partial charge >= 0.3 is 0 Å². The summed E-state index contributed by atoms with van der Waals surface area (Å²) in [7, 11) is 0. The fourth-order valence-corrected chi connectivity index (χ4v) is 2.03. The minimum absolute atomic E-state index is 0.563. The maximum Gasteiger partial charge on any atom is 0.158 e. The summed E-state index contributed by atoms with van der Waals surface area (Å²) in [4.78, 5) is 9.43. The molecule has 0 fully saturated rings. The van der Waals surface area contributed by atoms with E-state index in [0.717, 1.165) is 22.1 Å². The first kappa shape index (κ1) is 11.0. The van der Waals surface area contributed by atoms with Crippen molar-refractivity contribution >= 4 is 17.6 Å². The molecule has 0 aromatic carbocycles. The highest BCUT2D eigenvalue weighted by Crippen LogP contribution is 2.25. The third-order valence-electron chi connectivity index (χ3n) is 2.04. The number of thioether (sulfide) groups is 1. The number of hydrogen-bond acceptors (Lipinski definition) is 6. The van der Waals surface area contributed by atoms with Crippen LogP contribution in [-0.2, 0) is 5.75 Å². The molecule has 0 amide bonds. The highest BCUT2D eigenvalue weighted by Gasteiger charge is 2.03. The van der Waals surface area contributed by atoms with Crippen molar-refractivity contribution in [3.05, 3.63) is 36.2 Å². The molecule has 0 atom stereocenters. The molecule has 16 heavy (non-hydrogen) atoms. The zero-order chi connectivity index (χ0) is 11.4. The van der Waals surface area contributed by atoms with Gasteiger partial charge in [-0.15, -0.1) is 11.8 Å². The lowest BCUT2D eigenvalue weighted by atomic mass is 10.5. The van der Waals surface area contributed by atoms with Gasteiger partial charge in [-0.05, 0) is 13.0 Å². The Bertz CT molecular complexity index is 454. The molecule has 0 bridgehead atoms. The van der Waals surface area contributed by atoms with Crippen LogP contribution in [-0.4, -0.2) is 9.97 Å². The molecule has 0 aliphatic heterocycles. The molecule has 0 aliphatic rings. The van der Waals surface area contributed by atoms with Gasteiger partial charge in [-0.25, -0.2) is 10.8 Å². The predicted molar refractivity (Wildman–Crippen MR) is 62.8 cm³/mol. The van der Waals surface area contributed by atoms with Crippen LogP contribution in [0.2, 0.25) is 0 Å². The molecular weight excluding hydrogens is 224 g/mol. The highest BCUT2D eigenvalue weighted by molar-refractivity contribution is 7.98. The molecule has 84 valence electrons. The van der Waals surface area contributed by atoms with Crippen molar-refractivity contribution in [1.29, 1.82) is 0 Å². The Kier molecular flexibility index (Phi) is 3.43. The summed E-state index contributed by atoms with van der Waals surface area (Å²) in [6.45, 7) is 1.94. The van der Waals surface area contributed by atoms with Crippen LogP contribution < -0.4 is 11.3 Å². The summed E-state index contributed by atoms with van der Waals surface area (Å²) in [5.74, 6) is 7.45. The number of anilines is 1. The van der Waals surface area contributed by atoms with Crippen LogP contribution in [0.1, 0.15) is 11.5 Å². The molecule has 0 spiro atoms. The Balaban J connectivity index is 1.97. The summed E-state index contributed by atoms with van der Waals surface area (Å²) >= 11 is 1.67. The predicted octanol–water partition coefficient (Wildman–Crippen LogP) is 1.96. The fraction of sp³-hybridized carbons (Fsp3) is 0.200. The van der Waals surface area contributed by atoms with Crippen molar-refractivity contribution in [1.82, 2.24) is 9.97 Å². The third kappa shape index (κ3) is 2.53. The van der Waals surface area contributed by atoms with E-state index in [-0.39, 0.29) is 0 Å². The molecule has 2 heterocycles. The molecule has 0 saturated carbocycles. The van der Waals surface area contributed by atoms with E-state index in [2.05, 4.69) is 15.4 Å². The molecule has 0 saturated heterocycles. The van der Waals surface area contributed by atoms with Crippen molar-refractivity contribution < 1.29 is 4.42 Å². The number of nitrogens with two attached hydrogens (primary N) is 1. The Labute approximate surface area is 97.4 Å². The highest BCUT2D eigenvalue weighted by atomic mass is 32.2. The minimum Gasteiger partial charge on any atom is -0.468 e. The SMILES string of the molecule is Cc1occc1SCc1cnc(NN)cn1. The zero-order valence-corrected chi connectivity index (χ0v) is 9.62. The van der Waals surface area contributed by atoms with Crippen molar-refractivity contribution in [2.45, 2.75) is 17.6 Å². The van der Waals surface area contributed by atoms with Gasteiger partial charge in [0.15, 0.2) is 5.82 Å². The number of furan rings is 1. The number of nitrogens with one attached hydrogen (secondary N) is 1. The fourth-order valence-electron chi connectivity index (χ4n) is 1.18. The first-order valence-corrected chi connectivity index (χ1v) is 5.72. The molecule has 5 nitrogen and oxygen atoms in total. The molecule has 6 heteroatoms. The van der Waals surface area contributed by atoms with E-state index >= 15 is 0 Å². The van der Waals surface area contributed by atoms with E-state index in [0.29, 0.717) is 5.82 Å². The normalized spacial score (nSPS) is 10.4. The standard InChI is InChI=1S/C10H12N4OS/c1-7-9(2-3-15-7)16-6-8-4-13-10(14-11)5-12-8/h2-5H,6,11H2,1H3,(H,13,14). The van der Waals surface area contributed by atoms with E-state index in [1.807, 2.05) is 13.0 Å². The first-order valence-electron chi connectivity index (χ1n) is 4.74. The van der Waals surface area contributed by atoms with Gasteiger partial charge in [0.25, 0.3) is 0 Å². The van der Waals surface area contributed by atoms with E-state index in [4.69, 9.17) is 10.3 Å². The first-order chi connectivity index (χ1) is 7.79. The Hall–Kier alpha value is -1.53. The monoisotopic (exact) mass is 236 g/mol. The van der Waals surface area contributed by atoms with Crippen molar-refractivity contribution in [3.8, 4) is 0 Å². The van der Waals surface area contributed by atoms with Crippen molar-refractivity contribution in [3.63, 3.8) is 0 Å². The molecular formula is C10H12N4OS. The van der Waals surface area contributed by atoms with Crippen LogP contribution in [0, 0.1) is 6.92 Å². The van der Waals surface area contributed by atoms with Crippen LogP contribution in [0.5, 0.6) is 0 Å². The van der Waals surface area contributed by atoms with Crippen LogP contribution in [0.15, 0.2) is 34.0 Å². The number of rotatable bonds is 4. The Morgan fingerprint density at radius 1 is 1.44 bits per heavy atom. The Morgan fingerprint density at radius 2 is 2.31 bits per heavy atom. The lowest BCUT2D eigenvalue weighted by Crippen LogP contribution is -2.08. The molecule has 2 rings (SSSR count). The van der Waals surface area contributed by atoms with Crippen LogP contribution in [0.4, 0.5) is 5.82 Å². The minimum atomic E-state index is 0.563. The second kappa shape index (κ2) is 5.00. The van der Waals surface area contributed by atoms with E-state index in [1.54, 1.807) is 30.4 Å². The Morgan fingerprint density at radius 3 is 2.88 bits per heavy atom. The quantitative estimate of drug-likeness (QED) is 0.480. The number of aromatic nitrogens is 2. The number of hydrogen-bond donors (Lipinski definition) is 2. The second-order valence-electron chi connectivity index (χ2n) is 3.17. The van der Waals surface area contributed by atoms with Crippen molar-refractivity contribution in [2.75, 3.05) is 5.43 Å². The van der Waals surface area contributed by atoms with Gasteiger partial charge in [0, 0.05) is 10.6 Å². The maximum atomic E-state index is 5.21. The van der Waals surface area contributed by atoms with Gasteiger partial charge in [-0.1, -0.05) is 0 Å². The van der Waals surface area contributed by atoms with Crippen LogP contribution in [0.25, 0.3) is 0 Å². The van der Waals surface area contributed by atoms with Gasteiger partial charge in [-0.3, -0.25) is 4.98 Å². The molecule has 0 unspecified atom stereocenters. The van der Waals surface area contributed by atoms with Gasteiger partial charge in [0.1, 0.15) is 5.76 Å². The number of aryl methyl sites for hydroxylation is 1. The van der Waals surface area contributed by atoms with Gasteiger partial charge in [0.2, 0.25) is 0 Å². The average molecular weight is 236 g/mol. The van der Waals surface area contributed by atoms with E-state index < -0.39 is 0 Å². The van der Waals surface area contributed by atoms with Crippen molar-refractivity contribution in [2.24, 2.45) is 5.84 Å². The third-order valence-corrected chi connectivity index (χ3v) is 3.21. The summed E-state index contributed by atoms with van der Waals surface area (Å²) in [5, 5.41) is 0. The smallest absolute Gasteiger partial charge is 0.158 e.